The van der Waals surface area contributed by atoms with Crippen LogP contribution in [0.2, 0.25) is 0 Å². The number of halogens is 1. The minimum absolute atomic E-state index is 0.106. The molecule has 1 aliphatic carbocycles. The smallest absolute Gasteiger partial charge is 0.240 e. The van der Waals surface area contributed by atoms with Crippen molar-refractivity contribution in [3.05, 3.63) is 59.9 Å². The number of hydrogen-bond acceptors (Lipinski definition) is 3. The number of benzene rings is 2. The maximum absolute atomic E-state index is 12.9. The summed E-state index contributed by atoms with van der Waals surface area (Å²) in [6, 6.07) is 11.6. The molecule has 1 aliphatic rings. The van der Waals surface area contributed by atoms with Crippen molar-refractivity contribution in [2.75, 3.05) is 5.32 Å². The van der Waals surface area contributed by atoms with E-state index in [9.17, 15) is 19.1 Å². The van der Waals surface area contributed by atoms with Gasteiger partial charge in [-0.05, 0) is 48.4 Å². The minimum atomic E-state index is -1.31. The molecule has 5 nitrogen and oxygen atoms in total. The number of phenolic OH excluding ortho intramolecular Hbond substituents is 1. The summed E-state index contributed by atoms with van der Waals surface area (Å²) in [7, 11) is 0. The molecule has 0 aliphatic heterocycles. The number of carbonyl (C=O) groups is 2. The number of carbonyl (C=O) groups excluding carboxylic acids is 2. The highest BCUT2D eigenvalue weighted by molar-refractivity contribution is 6.14. The summed E-state index contributed by atoms with van der Waals surface area (Å²) < 4.78 is 12.9. The summed E-state index contributed by atoms with van der Waals surface area (Å²) in [5, 5.41) is 11.9. The monoisotopic (exact) mass is 314 g/mol. The number of amides is 2. The van der Waals surface area contributed by atoms with Gasteiger partial charge in [0.05, 0.1) is 0 Å². The van der Waals surface area contributed by atoms with Gasteiger partial charge < -0.3 is 16.2 Å². The lowest BCUT2D eigenvalue weighted by Gasteiger charge is -2.14. The van der Waals surface area contributed by atoms with Gasteiger partial charge in [0.2, 0.25) is 11.8 Å². The molecule has 118 valence electrons. The predicted molar refractivity (Wildman–Crippen MR) is 82.1 cm³/mol. The second-order valence-electron chi connectivity index (χ2n) is 5.64. The van der Waals surface area contributed by atoms with Crippen molar-refractivity contribution in [2.24, 2.45) is 11.1 Å². The Bertz CT molecular complexity index is 758. The van der Waals surface area contributed by atoms with Crippen molar-refractivity contribution >= 4 is 17.5 Å². The molecular formula is C17H15FN2O3. The molecule has 2 aromatic rings. The van der Waals surface area contributed by atoms with Crippen LogP contribution in [0.4, 0.5) is 10.1 Å². The van der Waals surface area contributed by atoms with E-state index in [2.05, 4.69) is 5.32 Å². The third kappa shape index (κ3) is 2.63. The Morgan fingerprint density at radius 1 is 1.13 bits per heavy atom. The molecule has 0 bridgehead atoms. The predicted octanol–water partition coefficient (Wildman–Crippen LogP) is 2.13. The van der Waals surface area contributed by atoms with Gasteiger partial charge in [-0.2, -0.15) is 0 Å². The van der Waals surface area contributed by atoms with E-state index in [0.29, 0.717) is 12.1 Å². The lowest BCUT2D eigenvalue weighted by molar-refractivity contribution is -0.132. The van der Waals surface area contributed by atoms with Crippen LogP contribution < -0.4 is 11.1 Å². The number of anilines is 1. The molecule has 2 unspecified atom stereocenters. The van der Waals surface area contributed by atoms with E-state index in [4.69, 9.17) is 5.73 Å². The lowest BCUT2D eigenvalue weighted by Crippen LogP contribution is -2.37. The standard InChI is InChI=1S/C17H15FN2O3/c18-11-3-5-12(6-4-11)20-16(23)17(15(19)22)9-14(17)10-1-7-13(21)8-2-10/h1-8,14,21H,9H2,(H2,19,22)(H,20,23). The molecule has 0 aromatic heterocycles. The average molecular weight is 314 g/mol. The van der Waals surface area contributed by atoms with Gasteiger partial charge >= 0.3 is 0 Å². The summed E-state index contributed by atoms with van der Waals surface area (Å²) in [4.78, 5) is 24.4. The maximum atomic E-state index is 12.9. The number of nitrogens with one attached hydrogen (secondary N) is 1. The Morgan fingerprint density at radius 2 is 1.74 bits per heavy atom. The number of primary amides is 1. The van der Waals surface area contributed by atoms with Gasteiger partial charge in [-0.25, -0.2) is 4.39 Å². The first-order valence-corrected chi connectivity index (χ1v) is 7.09. The van der Waals surface area contributed by atoms with E-state index in [0.717, 1.165) is 5.56 Å². The van der Waals surface area contributed by atoms with Crippen molar-refractivity contribution in [3.8, 4) is 5.75 Å². The first-order valence-electron chi connectivity index (χ1n) is 7.09. The Hall–Kier alpha value is -2.89. The Labute approximate surface area is 131 Å². The van der Waals surface area contributed by atoms with Crippen LogP contribution in [0.5, 0.6) is 5.75 Å². The Morgan fingerprint density at radius 3 is 2.30 bits per heavy atom. The first-order chi connectivity index (χ1) is 10.9. The van der Waals surface area contributed by atoms with Crippen molar-refractivity contribution in [1.82, 2.24) is 0 Å². The average Bonchev–Trinajstić information content (AvgIpc) is 3.27. The fourth-order valence-electron chi connectivity index (χ4n) is 2.78. The summed E-state index contributed by atoms with van der Waals surface area (Å²) in [6.45, 7) is 0. The molecule has 3 rings (SSSR count). The highest BCUT2D eigenvalue weighted by Gasteiger charge is 2.65. The topological polar surface area (TPSA) is 92.4 Å². The second kappa shape index (κ2) is 5.39. The molecule has 2 amide bonds. The number of hydrogen-bond donors (Lipinski definition) is 3. The van der Waals surface area contributed by atoms with E-state index < -0.39 is 23.0 Å². The zero-order chi connectivity index (χ0) is 16.6. The number of aromatic hydroxyl groups is 1. The molecule has 2 atom stereocenters. The van der Waals surface area contributed by atoms with Gasteiger partial charge in [-0.1, -0.05) is 12.1 Å². The van der Waals surface area contributed by atoms with Gasteiger partial charge in [0.1, 0.15) is 17.0 Å². The van der Waals surface area contributed by atoms with E-state index in [1.807, 2.05) is 0 Å². The number of nitrogens with two attached hydrogens (primary N) is 1. The van der Waals surface area contributed by atoms with Crippen LogP contribution in [0.1, 0.15) is 17.9 Å². The normalized spacial score (nSPS) is 22.4. The molecular weight excluding hydrogens is 299 g/mol. The van der Waals surface area contributed by atoms with Crippen molar-refractivity contribution < 1.29 is 19.1 Å². The van der Waals surface area contributed by atoms with E-state index >= 15 is 0 Å². The van der Waals surface area contributed by atoms with Crippen LogP contribution >= 0.6 is 0 Å². The van der Waals surface area contributed by atoms with Gasteiger partial charge in [-0.3, -0.25) is 9.59 Å². The summed E-state index contributed by atoms with van der Waals surface area (Å²) in [5.74, 6) is -1.85. The van der Waals surface area contributed by atoms with Crippen molar-refractivity contribution in [1.29, 1.82) is 0 Å². The third-order valence-corrected chi connectivity index (χ3v) is 4.20. The third-order valence-electron chi connectivity index (χ3n) is 4.20. The van der Waals surface area contributed by atoms with E-state index in [-0.39, 0.29) is 11.7 Å². The summed E-state index contributed by atoms with van der Waals surface area (Å²) in [5.41, 5.74) is 5.30. The van der Waals surface area contributed by atoms with E-state index in [1.165, 1.54) is 36.4 Å². The van der Waals surface area contributed by atoms with Crippen LogP contribution in [0.15, 0.2) is 48.5 Å². The largest absolute Gasteiger partial charge is 0.508 e. The van der Waals surface area contributed by atoms with Crippen molar-refractivity contribution in [2.45, 2.75) is 12.3 Å². The maximum Gasteiger partial charge on any atom is 0.240 e. The summed E-state index contributed by atoms with van der Waals surface area (Å²) in [6.07, 6.45) is 0.306. The molecule has 23 heavy (non-hydrogen) atoms. The highest BCUT2D eigenvalue weighted by Crippen LogP contribution is 2.59. The second-order valence-corrected chi connectivity index (χ2v) is 5.64. The number of phenols is 1. The van der Waals surface area contributed by atoms with Gasteiger partial charge in [0, 0.05) is 11.6 Å². The summed E-state index contributed by atoms with van der Waals surface area (Å²) >= 11 is 0. The quantitative estimate of drug-likeness (QED) is 0.755. The van der Waals surface area contributed by atoms with Crippen LogP contribution in [0, 0.1) is 11.2 Å². The molecule has 4 N–H and O–H groups in total. The Kier molecular flexibility index (Phi) is 3.52. The molecule has 1 fully saturated rings. The van der Waals surface area contributed by atoms with Crippen LogP contribution in [-0.4, -0.2) is 16.9 Å². The van der Waals surface area contributed by atoms with E-state index in [1.54, 1.807) is 12.1 Å². The lowest BCUT2D eigenvalue weighted by atomic mass is 9.97. The fourth-order valence-corrected chi connectivity index (χ4v) is 2.78. The van der Waals surface area contributed by atoms with Crippen LogP contribution in [0.25, 0.3) is 0 Å². The molecule has 0 radical (unpaired) electrons. The molecule has 6 heteroatoms. The minimum Gasteiger partial charge on any atom is -0.508 e. The van der Waals surface area contributed by atoms with Crippen molar-refractivity contribution in [3.63, 3.8) is 0 Å². The Balaban J connectivity index is 1.82. The fraction of sp³-hybridized carbons (Fsp3) is 0.176. The van der Waals surface area contributed by atoms with Crippen LogP contribution in [-0.2, 0) is 9.59 Å². The number of rotatable bonds is 4. The molecule has 1 saturated carbocycles. The zero-order valence-corrected chi connectivity index (χ0v) is 12.1. The molecule has 2 aromatic carbocycles. The molecule has 0 heterocycles. The van der Waals surface area contributed by atoms with Gasteiger partial charge in [0.15, 0.2) is 0 Å². The van der Waals surface area contributed by atoms with Gasteiger partial charge in [-0.15, -0.1) is 0 Å². The highest BCUT2D eigenvalue weighted by atomic mass is 19.1. The SMILES string of the molecule is NC(=O)C1(C(=O)Nc2ccc(F)cc2)CC1c1ccc(O)cc1. The molecule has 0 saturated heterocycles. The zero-order valence-electron chi connectivity index (χ0n) is 12.1. The van der Waals surface area contributed by atoms with Crippen LogP contribution in [0.3, 0.4) is 0 Å². The molecule has 0 spiro atoms. The first kappa shape index (κ1) is 15.0. The van der Waals surface area contributed by atoms with Gasteiger partial charge in [0.25, 0.3) is 0 Å².